The Balaban J connectivity index is 3.04. The second-order valence-electron chi connectivity index (χ2n) is 3.41. The smallest absolute Gasteiger partial charge is 0.143 e. The molecule has 1 aromatic rings. The van der Waals surface area contributed by atoms with Crippen molar-refractivity contribution in [1.82, 2.24) is 9.97 Å². The van der Waals surface area contributed by atoms with Gasteiger partial charge in [-0.05, 0) is 12.8 Å². The van der Waals surface area contributed by atoms with Gasteiger partial charge in [0.15, 0.2) is 0 Å². The van der Waals surface area contributed by atoms with Gasteiger partial charge in [0.25, 0.3) is 0 Å². The second-order valence-corrected chi connectivity index (χ2v) is 3.41. The highest BCUT2D eigenvalue weighted by atomic mass is 15.3. The highest BCUT2D eigenvalue weighted by Crippen LogP contribution is 2.17. The van der Waals surface area contributed by atoms with Crippen molar-refractivity contribution in [2.24, 2.45) is 5.84 Å². The van der Waals surface area contributed by atoms with E-state index in [-0.39, 0.29) is 0 Å². The molecule has 1 rings (SSSR count). The number of nitrogen functional groups attached to an aromatic ring is 1. The van der Waals surface area contributed by atoms with E-state index in [1.807, 2.05) is 6.07 Å². The summed E-state index contributed by atoms with van der Waals surface area (Å²) in [6.45, 7) is 6.32. The Morgan fingerprint density at radius 3 is 2.64 bits per heavy atom. The maximum atomic E-state index is 5.34. The summed E-state index contributed by atoms with van der Waals surface area (Å²) in [6, 6.07) is 1.88. The van der Waals surface area contributed by atoms with Crippen LogP contribution in [0.15, 0.2) is 6.07 Å². The maximum absolute atomic E-state index is 5.34. The van der Waals surface area contributed by atoms with E-state index in [4.69, 9.17) is 5.84 Å². The standard InChI is InChI=1S/C10H18N4/c1-4-7(3)10-12-8(5-2)6-9(13-10)14-11/h6-7H,4-5,11H2,1-3H3,(H,12,13,14). The van der Waals surface area contributed by atoms with Crippen molar-refractivity contribution in [1.29, 1.82) is 0 Å². The van der Waals surface area contributed by atoms with Crippen LogP contribution in [0.4, 0.5) is 5.82 Å². The van der Waals surface area contributed by atoms with Gasteiger partial charge in [0.1, 0.15) is 11.6 Å². The molecule has 1 aromatic heterocycles. The fourth-order valence-corrected chi connectivity index (χ4v) is 1.18. The van der Waals surface area contributed by atoms with Gasteiger partial charge in [-0.15, -0.1) is 0 Å². The van der Waals surface area contributed by atoms with Crippen molar-refractivity contribution >= 4 is 5.82 Å². The van der Waals surface area contributed by atoms with Crippen LogP contribution in [-0.2, 0) is 6.42 Å². The summed E-state index contributed by atoms with van der Waals surface area (Å²) in [6.07, 6.45) is 1.94. The number of hydrogen-bond acceptors (Lipinski definition) is 4. The SMILES string of the molecule is CCc1cc(NN)nc(C(C)CC)n1. The minimum atomic E-state index is 0.383. The van der Waals surface area contributed by atoms with E-state index in [0.717, 1.165) is 24.4 Å². The first kappa shape index (κ1) is 10.9. The summed E-state index contributed by atoms with van der Waals surface area (Å²) in [5.41, 5.74) is 3.60. The molecule has 0 aliphatic rings. The summed E-state index contributed by atoms with van der Waals surface area (Å²) < 4.78 is 0. The van der Waals surface area contributed by atoms with Gasteiger partial charge < -0.3 is 5.43 Å². The van der Waals surface area contributed by atoms with Gasteiger partial charge >= 0.3 is 0 Å². The molecule has 0 radical (unpaired) electrons. The molecule has 0 amide bonds. The van der Waals surface area contributed by atoms with E-state index < -0.39 is 0 Å². The lowest BCUT2D eigenvalue weighted by molar-refractivity contribution is 0.672. The number of aryl methyl sites for hydroxylation is 1. The van der Waals surface area contributed by atoms with Crippen LogP contribution in [0.3, 0.4) is 0 Å². The number of nitrogens with two attached hydrogens (primary N) is 1. The van der Waals surface area contributed by atoms with Crippen LogP contribution in [0.1, 0.15) is 44.6 Å². The summed E-state index contributed by atoms with van der Waals surface area (Å²) in [5, 5.41) is 0. The van der Waals surface area contributed by atoms with Crippen molar-refractivity contribution < 1.29 is 0 Å². The van der Waals surface area contributed by atoms with Crippen molar-refractivity contribution in [3.05, 3.63) is 17.6 Å². The third-order valence-electron chi connectivity index (χ3n) is 2.36. The van der Waals surface area contributed by atoms with Crippen molar-refractivity contribution in [2.45, 2.75) is 39.5 Å². The largest absolute Gasteiger partial charge is 0.308 e. The summed E-state index contributed by atoms with van der Waals surface area (Å²) in [7, 11) is 0. The van der Waals surface area contributed by atoms with Gasteiger partial charge in [-0.2, -0.15) is 0 Å². The van der Waals surface area contributed by atoms with Gasteiger partial charge in [0.2, 0.25) is 0 Å². The molecule has 1 heterocycles. The fraction of sp³-hybridized carbons (Fsp3) is 0.600. The van der Waals surface area contributed by atoms with E-state index >= 15 is 0 Å². The zero-order chi connectivity index (χ0) is 10.6. The first-order chi connectivity index (χ1) is 6.71. The first-order valence-electron chi connectivity index (χ1n) is 5.05. The summed E-state index contributed by atoms with van der Waals surface area (Å²) >= 11 is 0. The van der Waals surface area contributed by atoms with Crippen LogP contribution in [0.5, 0.6) is 0 Å². The van der Waals surface area contributed by atoms with Crippen molar-refractivity contribution in [3.8, 4) is 0 Å². The van der Waals surface area contributed by atoms with E-state index in [9.17, 15) is 0 Å². The van der Waals surface area contributed by atoms with Gasteiger partial charge in [-0.1, -0.05) is 20.8 Å². The topological polar surface area (TPSA) is 63.8 Å². The molecule has 0 spiro atoms. The van der Waals surface area contributed by atoms with Gasteiger partial charge in [-0.25, -0.2) is 15.8 Å². The zero-order valence-corrected chi connectivity index (χ0v) is 9.04. The van der Waals surface area contributed by atoms with Crippen LogP contribution in [0, 0.1) is 0 Å². The summed E-state index contributed by atoms with van der Waals surface area (Å²) in [4.78, 5) is 8.79. The molecule has 14 heavy (non-hydrogen) atoms. The lowest BCUT2D eigenvalue weighted by Crippen LogP contribution is -2.12. The van der Waals surface area contributed by atoms with Gasteiger partial charge in [-0.3, -0.25) is 0 Å². The number of nitrogens with zero attached hydrogens (tertiary/aromatic N) is 2. The molecule has 0 aliphatic carbocycles. The number of hydrazine groups is 1. The van der Waals surface area contributed by atoms with Crippen LogP contribution in [-0.4, -0.2) is 9.97 Å². The van der Waals surface area contributed by atoms with Crippen LogP contribution < -0.4 is 11.3 Å². The Morgan fingerprint density at radius 2 is 2.14 bits per heavy atom. The molecule has 1 unspecified atom stereocenters. The average Bonchev–Trinajstić information content (AvgIpc) is 2.27. The highest BCUT2D eigenvalue weighted by Gasteiger charge is 2.08. The Hall–Kier alpha value is -1.16. The number of aromatic nitrogens is 2. The van der Waals surface area contributed by atoms with Gasteiger partial charge in [0, 0.05) is 17.7 Å². The molecule has 0 aromatic carbocycles. The molecule has 3 N–H and O–H groups in total. The lowest BCUT2D eigenvalue weighted by atomic mass is 10.1. The third-order valence-corrected chi connectivity index (χ3v) is 2.36. The average molecular weight is 194 g/mol. The Bertz CT molecular complexity index is 276. The molecular formula is C10H18N4. The van der Waals surface area contributed by atoms with E-state index in [0.29, 0.717) is 11.7 Å². The molecular weight excluding hydrogens is 176 g/mol. The van der Waals surface area contributed by atoms with Crippen LogP contribution in [0.25, 0.3) is 0 Å². The second kappa shape index (κ2) is 4.91. The predicted octanol–water partition coefficient (Wildman–Crippen LogP) is 1.84. The zero-order valence-electron chi connectivity index (χ0n) is 9.04. The summed E-state index contributed by atoms with van der Waals surface area (Å²) in [5.74, 6) is 7.30. The van der Waals surface area contributed by atoms with E-state index in [1.54, 1.807) is 0 Å². The fourth-order valence-electron chi connectivity index (χ4n) is 1.18. The lowest BCUT2D eigenvalue weighted by Gasteiger charge is -2.10. The highest BCUT2D eigenvalue weighted by molar-refractivity contribution is 5.34. The van der Waals surface area contributed by atoms with Crippen molar-refractivity contribution in [2.75, 3.05) is 5.43 Å². The number of nitrogens with one attached hydrogen (secondary N) is 1. The maximum Gasteiger partial charge on any atom is 0.143 e. The van der Waals surface area contributed by atoms with Crippen LogP contribution in [0.2, 0.25) is 0 Å². The molecule has 0 bridgehead atoms. The monoisotopic (exact) mass is 194 g/mol. The molecule has 1 atom stereocenters. The Labute approximate surface area is 84.9 Å². The molecule has 0 saturated heterocycles. The number of rotatable bonds is 4. The first-order valence-corrected chi connectivity index (χ1v) is 5.05. The van der Waals surface area contributed by atoms with E-state index in [1.165, 1.54) is 0 Å². The molecule has 0 fully saturated rings. The Morgan fingerprint density at radius 1 is 1.43 bits per heavy atom. The normalized spacial score (nSPS) is 12.6. The molecule has 4 heteroatoms. The molecule has 0 saturated carbocycles. The van der Waals surface area contributed by atoms with Gasteiger partial charge in [0.05, 0.1) is 0 Å². The van der Waals surface area contributed by atoms with E-state index in [2.05, 4.69) is 36.2 Å². The number of hydrogen-bond donors (Lipinski definition) is 2. The quantitative estimate of drug-likeness (QED) is 0.567. The minimum Gasteiger partial charge on any atom is -0.308 e. The van der Waals surface area contributed by atoms with Crippen molar-refractivity contribution in [3.63, 3.8) is 0 Å². The molecule has 4 nitrogen and oxygen atoms in total. The number of anilines is 1. The van der Waals surface area contributed by atoms with Crippen LogP contribution >= 0.6 is 0 Å². The Kier molecular flexibility index (Phi) is 3.83. The third kappa shape index (κ3) is 2.42. The molecule has 0 aliphatic heterocycles. The molecule has 78 valence electrons. The predicted molar refractivity (Wildman–Crippen MR) is 57.9 cm³/mol. The minimum absolute atomic E-state index is 0.383.